The zero-order valence-electron chi connectivity index (χ0n) is 18.9. The second-order valence-corrected chi connectivity index (χ2v) is 11.2. The largest absolute Gasteiger partial charge is 0.306 e. The summed E-state index contributed by atoms with van der Waals surface area (Å²) in [7, 11) is 0. The molecule has 0 bridgehead atoms. The summed E-state index contributed by atoms with van der Waals surface area (Å²) in [5, 5.41) is 4.08. The van der Waals surface area contributed by atoms with Crippen LogP contribution < -0.4 is 10.0 Å². The molecule has 0 aliphatic heterocycles. The van der Waals surface area contributed by atoms with Crippen molar-refractivity contribution in [3.05, 3.63) is 70.3 Å². The zero-order valence-corrected chi connectivity index (χ0v) is 19.8. The molecule has 6 rings (SSSR count). The zero-order chi connectivity index (χ0) is 22.1. The van der Waals surface area contributed by atoms with Crippen LogP contribution in [0, 0.1) is 23.0 Å². The van der Waals surface area contributed by atoms with Crippen molar-refractivity contribution >= 4 is 11.9 Å². The van der Waals surface area contributed by atoms with E-state index in [0.717, 1.165) is 36.9 Å². The molecule has 0 saturated heterocycles. The van der Waals surface area contributed by atoms with Crippen molar-refractivity contribution < 1.29 is 8.78 Å². The van der Waals surface area contributed by atoms with Crippen molar-refractivity contribution in [2.45, 2.75) is 68.9 Å². The Balaban J connectivity index is 1.26. The van der Waals surface area contributed by atoms with Gasteiger partial charge in [-0.15, -0.1) is 0 Å². The number of hydrogen-bond acceptors (Lipinski definition) is 3. The Morgan fingerprint density at radius 2 is 1.84 bits per heavy atom. The lowest BCUT2D eigenvalue weighted by atomic mass is 9.84. The lowest BCUT2D eigenvalue weighted by molar-refractivity contribution is 0.296. The van der Waals surface area contributed by atoms with E-state index in [1.807, 2.05) is 0 Å². The number of rotatable bonds is 8. The van der Waals surface area contributed by atoms with Crippen LogP contribution >= 0.6 is 11.9 Å². The van der Waals surface area contributed by atoms with Crippen LogP contribution in [0.2, 0.25) is 0 Å². The summed E-state index contributed by atoms with van der Waals surface area (Å²) in [6.07, 6.45) is 10.1. The average molecular weight is 455 g/mol. The molecule has 3 saturated carbocycles. The van der Waals surface area contributed by atoms with Gasteiger partial charge in [0.15, 0.2) is 0 Å². The highest BCUT2D eigenvalue weighted by Crippen LogP contribution is 2.71. The Morgan fingerprint density at radius 3 is 2.53 bits per heavy atom. The van der Waals surface area contributed by atoms with E-state index in [4.69, 9.17) is 0 Å². The van der Waals surface area contributed by atoms with Gasteiger partial charge in [-0.3, -0.25) is 4.72 Å². The monoisotopic (exact) mass is 454 g/mol. The average Bonchev–Trinajstić information content (AvgIpc) is 3.65. The molecule has 4 aliphatic rings. The molecule has 0 spiro atoms. The fourth-order valence-electron chi connectivity index (χ4n) is 6.82. The van der Waals surface area contributed by atoms with E-state index in [0.29, 0.717) is 0 Å². The van der Waals surface area contributed by atoms with Crippen LogP contribution in [0.15, 0.2) is 36.4 Å². The summed E-state index contributed by atoms with van der Waals surface area (Å²) in [6, 6.07) is 11.1. The number of aryl methyl sites for hydroxylation is 2. The summed E-state index contributed by atoms with van der Waals surface area (Å²) in [5.74, 6) is -0.0340. The van der Waals surface area contributed by atoms with Crippen LogP contribution in [0.4, 0.5) is 8.78 Å². The summed E-state index contributed by atoms with van der Waals surface area (Å²) < 4.78 is 31.6. The van der Waals surface area contributed by atoms with Crippen molar-refractivity contribution in [3.8, 4) is 0 Å². The van der Waals surface area contributed by atoms with E-state index >= 15 is 0 Å². The van der Waals surface area contributed by atoms with Crippen LogP contribution in [0.3, 0.4) is 0 Å². The van der Waals surface area contributed by atoms with Crippen LogP contribution in [0.5, 0.6) is 0 Å². The second-order valence-electron chi connectivity index (χ2n) is 10.6. The Morgan fingerprint density at radius 1 is 1.06 bits per heavy atom. The van der Waals surface area contributed by atoms with Gasteiger partial charge in [-0.05, 0) is 91.5 Å². The van der Waals surface area contributed by atoms with E-state index in [-0.39, 0.29) is 22.4 Å². The van der Waals surface area contributed by atoms with E-state index in [1.165, 1.54) is 60.9 Å². The molecule has 3 unspecified atom stereocenters. The standard InChI is InChI=1S/C27H32F2N2S/c1-3-17-4-5-18-6-7-20-14-26(20,23(18)10-17)30-16-25(8-9-25)27(31-32-2)15-24(27)19-11-21(28)13-22(29)12-19/h4-5,10-13,20,24,30-31H,3,6-9,14-16H2,1-2H3/t20?,24?,26?,27-/m0/s1. The molecule has 0 amide bonds. The molecule has 170 valence electrons. The van der Waals surface area contributed by atoms with E-state index < -0.39 is 11.6 Å². The quantitative estimate of drug-likeness (QED) is 0.489. The third-order valence-electron chi connectivity index (χ3n) is 9.00. The smallest absolute Gasteiger partial charge is 0.126 e. The number of nitrogens with one attached hydrogen (secondary N) is 2. The number of fused-ring (bicyclic) bond motifs is 3. The number of hydrogen-bond donors (Lipinski definition) is 2. The van der Waals surface area contributed by atoms with Gasteiger partial charge in [0.05, 0.1) is 0 Å². The lowest BCUT2D eigenvalue weighted by Crippen LogP contribution is -2.47. The van der Waals surface area contributed by atoms with Crippen molar-refractivity contribution in [1.29, 1.82) is 0 Å². The highest BCUT2D eigenvalue weighted by Gasteiger charge is 2.72. The third-order valence-corrected chi connectivity index (χ3v) is 9.57. The molecule has 0 heterocycles. The topological polar surface area (TPSA) is 24.1 Å². The van der Waals surface area contributed by atoms with Crippen LogP contribution in [0.1, 0.15) is 67.2 Å². The Bertz CT molecular complexity index is 1050. The van der Waals surface area contributed by atoms with E-state index in [9.17, 15) is 8.78 Å². The summed E-state index contributed by atoms with van der Waals surface area (Å²) >= 11 is 1.64. The van der Waals surface area contributed by atoms with E-state index in [2.05, 4.69) is 41.4 Å². The van der Waals surface area contributed by atoms with Crippen molar-refractivity contribution in [3.63, 3.8) is 0 Å². The molecule has 32 heavy (non-hydrogen) atoms. The Labute approximate surface area is 194 Å². The predicted octanol–water partition coefficient (Wildman–Crippen LogP) is 5.85. The van der Waals surface area contributed by atoms with Crippen LogP contribution in [-0.4, -0.2) is 18.3 Å². The Hall–Kier alpha value is -1.43. The molecule has 2 N–H and O–H groups in total. The maximum absolute atomic E-state index is 13.9. The van der Waals surface area contributed by atoms with Crippen LogP contribution in [0.25, 0.3) is 0 Å². The molecular formula is C27H32F2N2S. The molecule has 0 aromatic heterocycles. The van der Waals surface area contributed by atoms with Crippen molar-refractivity contribution in [2.24, 2.45) is 11.3 Å². The fourth-order valence-corrected chi connectivity index (χ4v) is 7.62. The SMILES string of the molecule is CCc1ccc2c(c1)C1(NCC3([C@]4(NSC)CC4c4cc(F)cc(F)c4)CC3)CC1CC2. The van der Waals surface area contributed by atoms with Crippen molar-refractivity contribution in [2.75, 3.05) is 12.8 Å². The van der Waals surface area contributed by atoms with Gasteiger partial charge in [-0.25, -0.2) is 8.78 Å². The minimum atomic E-state index is -0.474. The summed E-state index contributed by atoms with van der Waals surface area (Å²) in [4.78, 5) is 0. The predicted molar refractivity (Wildman–Crippen MR) is 127 cm³/mol. The highest BCUT2D eigenvalue weighted by atomic mass is 32.2. The third kappa shape index (κ3) is 3.11. The minimum absolute atomic E-state index is 0.0799. The fraction of sp³-hybridized carbons (Fsp3) is 0.556. The van der Waals surface area contributed by atoms with Gasteiger partial charge in [0, 0.05) is 35.0 Å². The molecule has 2 aromatic carbocycles. The van der Waals surface area contributed by atoms with Crippen molar-refractivity contribution in [1.82, 2.24) is 10.0 Å². The van der Waals surface area contributed by atoms with Gasteiger partial charge >= 0.3 is 0 Å². The maximum Gasteiger partial charge on any atom is 0.126 e. The highest BCUT2D eigenvalue weighted by molar-refractivity contribution is 7.96. The maximum atomic E-state index is 13.9. The van der Waals surface area contributed by atoms with Gasteiger partial charge in [-0.2, -0.15) is 0 Å². The molecule has 3 fully saturated rings. The molecule has 2 nitrogen and oxygen atoms in total. The lowest BCUT2D eigenvalue weighted by Gasteiger charge is -2.34. The minimum Gasteiger partial charge on any atom is -0.306 e. The van der Waals surface area contributed by atoms with Gasteiger partial charge in [0.1, 0.15) is 11.6 Å². The number of benzene rings is 2. The molecule has 5 heteroatoms. The van der Waals surface area contributed by atoms with Gasteiger partial charge in [0.25, 0.3) is 0 Å². The second kappa shape index (κ2) is 7.28. The van der Waals surface area contributed by atoms with Gasteiger partial charge in [0.2, 0.25) is 0 Å². The van der Waals surface area contributed by atoms with Gasteiger partial charge < -0.3 is 5.32 Å². The van der Waals surface area contributed by atoms with Crippen LogP contribution in [-0.2, 0) is 18.4 Å². The summed E-state index contributed by atoms with van der Waals surface area (Å²) in [6.45, 7) is 3.20. The first kappa shape index (κ1) is 21.1. The van der Waals surface area contributed by atoms with E-state index in [1.54, 1.807) is 11.9 Å². The first-order chi connectivity index (χ1) is 15.5. The summed E-state index contributed by atoms with van der Waals surface area (Å²) in [5.41, 5.74) is 5.50. The first-order valence-corrected chi connectivity index (χ1v) is 13.3. The Kier molecular flexibility index (Phi) is 4.81. The molecule has 0 radical (unpaired) electrons. The molecule has 2 aromatic rings. The molecule has 4 aliphatic carbocycles. The molecule has 4 atom stereocenters. The first-order valence-electron chi connectivity index (χ1n) is 12.1. The van der Waals surface area contributed by atoms with Gasteiger partial charge in [-0.1, -0.05) is 37.1 Å². The molecular weight excluding hydrogens is 422 g/mol. The normalized spacial score (nSPS) is 33.4. The number of halogens is 2.